The van der Waals surface area contributed by atoms with Crippen LogP contribution < -0.4 is 11.2 Å². The van der Waals surface area contributed by atoms with E-state index in [1.807, 2.05) is 56.3 Å². The lowest BCUT2D eigenvalue weighted by molar-refractivity contribution is 0.0686. The molecule has 7 nitrogen and oxygen atoms in total. The molecular weight excluding hydrogens is 426 g/mol. The molecule has 3 aromatic heterocycles. The Bertz CT molecular complexity index is 1650. The third kappa shape index (κ3) is 2.99. The summed E-state index contributed by atoms with van der Waals surface area (Å²) in [6.07, 6.45) is 0. The van der Waals surface area contributed by atoms with Crippen LogP contribution in [-0.4, -0.2) is 25.2 Å². The molecule has 0 unspecified atom stereocenters. The number of aromatic amines is 1. The van der Waals surface area contributed by atoms with E-state index < -0.39 is 17.2 Å². The number of carbonyl (C=O) groups is 1. The molecule has 160 valence electrons. The number of benzene rings is 2. The lowest BCUT2D eigenvalue weighted by atomic mass is 10.1. The zero-order valence-corrected chi connectivity index (χ0v) is 18.2. The Kier molecular flexibility index (Phi) is 4.60. The van der Waals surface area contributed by atoms with Crippen molar-refractivity contribution >= 4 is 39.1 Å². The largest absolute Gasteiger partial charge is 0.477 e. The first-order valence-electron chi connectivity index (χ1n) is 9.99. The molecule has 0 bridgehead atoms. The van der Waals surface area contributed by atoms with E-state index in [-0.39, 0.29) is 11.4 Å². The standard InChI is InChI=1S/C24H19N3O4S/c1-13-7-8-19-16(9-13)20(27-22(28)17-11-32-12-18(17)25-24(27)31)21(23(29)30)26(19)10-15-6-4-3-5-14(15)2/h3-9,11-12H,10H2,1-2H3,(H,25,31)(H,29,30). The summed E-state index contributed by atoms with van der Waals surface area (Å²) in [4.78, 5) is 41.5. The molecule has 0 fully saturated rings. The van der Waals surface area contributed by atoms with Gasteiger partial charge >= 0.3 is 11.7 Å². The van der Waals surface area contributed by atoms with E-state index in [9.17, 15) is 19.5 Å². The number of H-pyrrole nitrogens is 1. The summed E-state index contributed by atoms with van der Waals surface area (Å²) in [5, 5.41) is 14.5. The quantitative estimate of drug-likeness (QED) is 0.436. The van der Waals surface area contributed by atoms with Crippen LogP contribution in [-0.2, 0) is 6.54 Å². The predicted molar refractivity (Wildman–Crippen MR) is 126 cm³/mol. The van der Waals surface area contributed by atoms with E-state index in [0.29, 0.717) is 28.4 Å². The van der Waals surface area contributed by atoms with Crippen molar-refractivity contribution in [1.82, 2.24) is 14.1 Å². The van der Waals surface area contributed by atoms with Gasteiger partial charge in [0.05, 0.1) is 22.1 Å². The molecule has 0 saturated heterocycles. The molecule has 3 heterocycles. The van der Waals surface area contributed by atoms with Gasteiger partial charge in [0.2, 0.25) is 0 Å². The highest BCUT2D eigenvalue weighted by atomic mass is 32.1. The Morgan fingerprint density at radius 2 is 1.84 bits per heavy atom. The first-order chi connectivity index (χ1) is 15.4. The minimum atomic E-state index is -1.21. The molecule has 0 atom stereocenters. The number of thiophene rings is 1. The fourth-order valence-corrected chi connectivity index (χ4v) is 4.92. The molecule has 0 aliphatic carbocycles. The molecular formula is C24H19N3O4S. The topological polar surface area (TPSA) is 97.1 Å². The van der Waals surface area contributed by atoms with Crippen molar-refractivity contribution in [2.45, 2.75) is 20.4 Å². The van der Waals surface area contributed by atoms with Crippen LogP contribution in [0.3, 0.4) is 0 Å². The molecule has 0 aliphatic heterocycles. The van der Waals surface area contributed by atoms with Crippen molar-refractivity contribution in [2.24, 2.45) is 0 Å². The van der Waals surface area contributed by atoms with Crippen molar-refractivity contribution in [3.05, 3.63) is 96.4 Å². The zero-order chi connectivity index (χ0) is 22.6. The van der Waals surface area contributed by atoms with Gasteiger partial charge in [-0.2, -0.15) is 0 Å². The van der Waals surface area contributed by atoms with Crippen molar-refractivity contribution in [3.63, 3.8) is 0 Å². The molecule has 0 spiro atoms. The number of nitrogens with one attached hydrogen (secondary N) is 1. The monoisotopic (exact) mass is 445 g/mol. The molecule has 0 aliphatic rings. The minimum Gasteiger partial charge on any atom is -0.477 e. The van der Waals surface area contributed by atoms with E-state index >= 15 is 0 Å². The molecule has 32 heavy (non-hydrogen) atoms. The van der Waals surface area contributed by atoms with Gasteiger partial charge in [0.15, 0.2) is 5.69 Å². The van der Waals surface area contributed by atoms with Gasteiger partial charge in [-0.05, 0) is 37.1 Å². The number of nitrogens with zero attached hydrogens (tertiary/aromatic N) is 2. The number of carboxylic acids is 1. The highest BCUT2D eigenvalue weighted by molar-refractivity contribution is 7.09. The molecule has 2 N–H and O–H groups in total. The molecule has 0 saturated carbocycles. The minimum absolute atomic E-state index is 0.0872. The molecule has 0 radical (unpaired) electrons. The number of hydrogen-bond acceptors (Lipinski definition) is 4. The van der Waals surface area contributed by atoms with E-state index in [1.165, 1.54) is 11.3 Å². The van der Waals surface area contributed by atoms with Gasteiger partial charge < -0.3 is 14.7 Å². The number of aromatic carboxylic acids is 1. The average molecular weight is 446 g/mol. The summed E-state index contributed by atoms with van der Waals surface area (Å²) < 4.78 is 2.62. The van der Waals surface area contributed by atoms with Crippen molar-refractivity contribution in [3.8, 4) is 5.69 Å². The average Bonchev–Trinajstić information content (AvgIpc) is 3.33. The first kappa shape index (κ1) is 20.0. The predicted octanol–water partition coefficient (Wildman–Crippen LogP) is 4.06. The fourth-order valence-electron chi connectivity index (χ4n) is 4.16. The maximum atomic E-state index is 13.3. The van der Waals surface area contributed by atoms with E-state index in [4.69, 9.17) is 0 Å². The summed E-state index contributed by atoms with van der Waals surface area (Å²) >= 11 is 1.30. The highest BCUT2D eigenvalue weighted by Crippen LogP contribution is 2.31. The Morgan fingerprint density at radius 3 is 2.59 bits per heavy atom. The SMILES string of the molecule is Cc1ccc2c(c1)c(-n1c(=O)[nH]c3cscc3c1=O)c(C(=O)O)n2Cc1ccccc1C. The molecule has 0 amide bonds. The number of hydrogen-bond donors (Lipinski definition) is 2. The van der Waals surface area contributed by atoms with Crippen LogP contribution in [0.2, 0.25) is 0 Å². The van der Waals surface area contributed by atoms with Gasteiger partial charge in [0, 0.05) is 22.7 Å². The lowest BCUT2D eigenvalue weighted by Gasteiger charge is -2.12. The van der Waals surface area contributed by atoms with Gasteiger partial charge in [-0.25, -0.2) is 14.2 Å². The fraction of sp³-hybridized carbons (Fsp3) is 0.125. The van der Waals surface area contributed by atoms with Crippen LogP contribution in [0.5, 0.6) is 0 Å². The lowest BCUT2D eigenvalue weighted by Crippen LogP contribution is -2.34. The maximum absolute atomic E-state index is 13.3. The van der Waals surface area contributed by atoms with Gasteiger partial charge in [0.1, 0.15) is 0 Å². The van der Waals surface area contributed by atoms with Crippen LogP contribution in [0.4, 0.5) is 0 Å². The summed E-state index contributed by atoms with van der Waals surface area (Å²) in [5.41, 5.74) is 2.73. The third-order valence-electron chi connectivity index (χ3n) is 5.75. The molecule has 5 aromatic rings. The number of rotatable bonds is 4. The zero-order valence-electron chi connectivity index (χ0n) is 17.4. The van der Waals surface area contributed by atoms with Crippen LogP contribution in [0.25, 0.3) is 27.5 Å². The maximum Gasteiger partial charge on any atom is 0.354 e. The smallest absolute Gasteiger partial charge is 0.354 e. The van der Waals surface area contributed by atoms with Gasteiger partial charge in [-0.3, -0.25) is 4.79 Å². The van der Waals surface area contributed by atoms with Crippen molar-refractivity contribution < 1.29 is 9.90 Å². The van der Waals surface area contributed by atoms with Crippen molar-refractivity contribution in [1.29, 1.82) is 0 Å². The van der Waals surface area contributed by atoms with Crippen molar-refractivity contribution in [2.75, 3.05) is 0 Å². The Morgan fingerprint density at radius 1 is 1.06 bits per heavy atom. The third-order valence-corrected chi connectivity index (χ3v) is 6.49. The second-order valence-electron chi connectivity index (χ2n) is 7.81. The van der Waals surface area contributed by atoms with Gasteiger partial charge in [-0.1, -0.05) is 35.9 Å². The second kappa shape index (κ2) is 7.35. The summed E-state index contributed by atoms with van der Waals surface area (Å²) in [5.74, 6) is -1.21. The van der Waals surface area contributed by atoms with Gasteiger partial charge in [-0.15, -0.1) is 11.3 Å². The number of fused-ring (bicyclic) bond motifs is 2. The number of carboxylic acid groups (broad SMARTS) is 1. The highest BCUT2D eigenvalue weighted by Gasteiger charge is 2.27. The van der Waals surface area contributed by atoms with Crippen LogP contribution in [0.15, 0.2) is 62.8 Å². The second-order valence-corrected chi connectivity index (χ2v) is 8.55. The van der Waals surface area contributed by atoms with Crippen LogP contribution >= 0.6 is 11.3 Å². The van der Waals surface area contributed by atoms with Crippen LogP contribution in [0.1, 0.15) is 27.2 Å². The molecule has 8 heteroatoms. The summed E-state index contributed by atoms with van der Waals surface area (Å²) in [7, 11) is 0. The number of aromatic nitrogens is 3. The van der Waals surface area contributed by atoms with E-state index in [0.717, 1.165) is 21.3 Å². The summed E-state index contributed by atoms with van der Waals surface area (Å²) in [6, 6.07) is 13.3. The molecule has 5 rings (SSSR count). The van der Waals surface area contributed by atoms with E-state index in [1.54, 1.807) is 15.3 Å². The van der Waals surface area contributed by atoms with Gasteiger partial charge in [0.25, 0.3) is 5.56 Å². The Labute approximate surface area is 185 Å². The first-order valence-corrected chi connectivity index (χ1v) is 10.9. The molecule has 2 aromatic carbocycles. The normalized spacial score (nSPS) is 11.4. The van der Waals surface area contributed by atoms with Crippen LogP contribution in [0, 0.1) is 13.8 Å². The number of aryl methyl sites for hydroxylation is 2. The Hall–Kier alpha value is -3.91. The Balaban J connectivity index is 1.92. The summed E-state index contributed by atoms with van der Waals surface area (Å²) in [6.45, 7) is 4.14. The van der Waals surface area contributed by atoms with E-state index in [2.05, 4.69) is 4.98 Å².